The van der Waals surface area contributed by atoms with Gasteiger partial charge in [0.15, 0.2) is 17.5 Å². The maximum absolute atomic E-state index is 13.8. The number of aliphatic imine (C=N–C) groups is 2. The number of hydrogen-bond donors (Lipinski definition) is 1. The summed E-state index contributed by atoms with van der Waals surface area (Å²) in [6.07, 6.45) is 4.77. The molecule has 0 amide bonds. The van der Waals surface area contributed by atoms with Crippen LogP contribution < -0.4 is 5.73 Å². The molecule has 0 aliphatic carbocycles. The number of nitrogens with two attached hydrogens (primary N) is 1. The Morgan fingerprint density at radius 2 is 1.64 bits per heavy atom. The Morgan fingerprint density at radius 1 is 0.920 bits per heavy atom. The smallest absolute Gasteiger partial charge is 0.195 e. The Labute approximate surface area is 144 Å². The highest BCUT2D eigenvalue weighted by atomic mass is 19.1. The van der Waals surface area contributed by atoms with Gasteiger partial charge in [0.25, 0.3) is 0 Å². The van der Waals surface area contributed by atoms with Gasteiger partial charge in [-0.05, 0) is 24.3 Å². The Morgan fingerprint density at radius 3 is 2.36 bits per heavy atom. The minimum atomic E-state index is -0.324. The van der Waals surface area contributed by atoms with Crippen molar-refractivity contribution in [3.05, 3.63) is 90.0 Å². The second-order valence-electron chi connectivity index (χ2n) is 5.02. The lowest BCUT2D eigenvalue weighted by molar-refractivity contribution is 0.611. The zero-order valence-corrected chi connectivity index (χ0v) is 13.2. The maximum Gasteiger partial charge on any atom is 0.195 e. The van der Waals surface area contributed by atoms with Gasteiger partial charge in [-0.2, -0.15) is 0 Å². The summed E-state index contributed by atoms with van der Waals surface area (Å²) in [6.45, 7) is 0.116. The van der Waals surface area contributed by atoms with Crippen molar-refractivity contribution in [2.75, 3.05) is 0 Å². The van der Waals surface area contributed by atoms with E-state index in [-0.39, 0.29) is 29.9 Å². The summed E-state index contributed by atoms with van der Waals surface area (Å²) in [4.78, 5) is 21.0. The molecular formula is C18H15FN6. The summed E-state index contributed by atoms with van der Waals surface area (Å²) in [5.74, 6) is 0.360. The molecule has 0 aliphatic heterocycles. The van der Waals surface area contributed by atoms with Crippen molar-refractivity contribution < 1.29 is 4.39 Å². The minimum Gasteiger partial charge on any atom is -0.380 e. The van der Waals surface area contributed by atoms with Crippen LogP contribution in [0.1, 0.15) is 17.1 Å². The molecular weight excluding hydrogens is 319 g/mol. The quantitative estimate of drug-likeness (QED) is 0.586. The largest absolute Gasteiger partial charge is 0.380 e. The second-order valence-corrected chi connectivity index (χ2v) is 5.02. The van der Waals surface area contributed by atoms with E-state index in [1.54, 1.807) is 55.0 Å². The van der Waals surface area contributed by atoms with Gasteiger partial charge in [0.1, 0.15) is 11.5 Å². The number of amidine groups is 2. The molecule has 0 fully saturated rings. The zero-order valence-electron chi connectivity index (χ0n) is 13.2. The van der Waals surface area contributed by atoms with Crippen LogP contribution in [0.5, 0.6) is 0 Å². The molecule has 124 valence electrons. The van der Waals surface area contributed by atoms with Crippen LogP contribution in [-0.4, -0.2) is 26.6 Å². The fraction of sp³-hybridized carbons (Fsp3) is 0.0556. The van der Waals surface area contributed by atoms with E-state index in [0.717, 1.165) is 0 Å². The van der Waals surface area contributed by atoms with Crippen LogP contribution in [0.4, 0.5) is 4.39 Å². The lowest BCUT2D eigenvalue weighted by Crippen LogP contribution is -2.19. The summed E-state index contributed by atoms with van der Waals surface area (Å²) < 4.78 is 13.8. The van der Waals surface area contributed by atoms with Gasteiger partial charge in [-0.1, -0.05) is 24.3 Å². The first-order valence-electron chi connectivity index (χ1n) is 7.55. The van der Waals surface area contributed by atoms with Crippen molar-refractivity contribution in [1.29, 1.82) is 0 Å². The van der Waals surface area contributed by atoms with Crippen molar-refractivity contribution >= 4 is 11.7 Å². The van der Waals surface area contributed by atoms with Crippen LogP contribution >= 0.6 is 0 Å². The predicted octanol–water partition coefficient (Wildman–Crippen LogP) is 2.36. The van der Waals surface area contributed by atoms with Gasteiger partial charge in [-0.15, -0.1) is 0 Å². The normalized spacial score (nSPS) is 12.2. The van der Waals surface area contributed by atoms with Crippen LogP contribution in [0.15, 0.2) is 77.1 Å². The highest BCUT2D eigenvalue weighted by Crippen LogP contribution is 2.09. The fourth-order valence-electron chi connectivity index (χ4n) is 2.05. The van der Waals surface area contributed by atoms with Gasteiger partial charge in [0.05, 0.1) is 6.54 Å². The van der Waals surface area contributed by atoms with Crippen molar-refractivity contribution in [3.63, 3.8) is 0 Å². The highest BCUT2D eigenvalue weighted by Gasteiger charge is 2.08. The first-order valence-corrected chi connectivity index (χ1v) is 7.55. The fourth-order valence-corrected chi connectivity index (χ4v) is 2.05. The Hall–Kier alpha value is -3.48. The van der Waals surface area contributed by atoms with Crippen molar-refractivity contribution in [2.45, 2.75) is 6.54 Å². The molecule has 0 spiro atoms. The van der Waals surface area contributed by atoms with E-state index in [0.29, 0.717) is 11.3 Å². The first kappa shape index (κ1) is 16.4. The Balaban J connectivity index is 1.96. The van der Waals surface area contributed by atoms with Crippen LogP contribution in [0.25, 0.3) is 0 Å². The first-order chi connectivity index (χ1) is 12.2. The molecule has 0 radical (unpaired) electrons. The van der Waals surface area contributed by atoms with Gasteiger partial charge >= 0.3 is 0 Å². The standard InChI is InChI=1S/C18H15FN6/c19-14-7-2-1-6-13(14)12-24-17(15-8-3-4-9-21-15)25-16(20)18-22-10-5-11-23-18/h1-11H,12H2,(H2,20,24,25). The summed E-state index contributed by atoms with van der Waals surface area (Å²) in [5.41, 5.74) is 6.96. The van der Waals surface area contributed by atoms with E-state index in [4.69, 9.17) is 5.73 Å². The van der Waals surface area contributed by atoms with Crippen LogP contribution in [0.3, 0.4) is 0 Å². The van der Waals surface area contributed by atoms with Crippen LogP contribution in [0, 0.1) is 5.82 Å². The molecule has 0 unspecified atom stereocenters. The van der Waals surface area contributed by atoms with Crippen molar-refractivity contribution in [3.8, 4) is 0 Å². The van der Waals surface area contributed by atoms with Gasteiger partial charge < -0.3 is 5.73 Å². The van der Waals surface area contributed by atoms with Crippen molar-refractivity contribution in [1.82, 2.24) is 15.0 Å². The van der Waals surface area contributed by atoms with E-state index in [2.05, 4.69) is 24.9 Å². The Bertz CT molecular complexity index is 894. The molecule has 0 bridgehead atoms. The number of benzene rings is 1. The monoisotopic (exact) mass is 334 g/mol. The number of aromatic nitrogens is 3. The SMILES string of the molecule is NC(=NC(=NCc1ccccc1F)c1ccccn1)c1ncccn1. The number of hydrogen-bond acceptors (Lipinski definition) is 4. The number of rotatable bonds is 4. The molecule has 2 N–H and O–H groups in total. The average molecular weight is 334 g/mol. The molecule has 0 aliphatic rings. The predicted molar refractivity (Wildman–Crippen MR) is 93.6 cm³/mol. The van der Waals surface area contributed by atoms with E-state index in [9.17, 15) is 4.39 Å². The van der Waals surface area contributed by atoms with Crippen LogP contribution in [-0.2, 0) is 6.54 Å². The second kappa shape index (κ2) is 7.87. The van der Waals surface area contributed by atoms with E-state index >= 15 is 0 Å². The van der Waals surface area contributed by atoms with E-state index < -0.39 is 0 Å². The molecule has 2 heterocycles. The topological polar surface area (TPSA) is 89.4 Å². The molecule has 3 rings (SSSR count). The third-order valence-corrected chi connectivity index (χ3v) is 3.27. The molecule has 6 nitrogen and oxygen atoms in total. The number of pyridine rings is 1. The van der Waals surface area contributed by atoms with Gasteiger partial charge in [-0.25, -0.2) is 19.4 Å². The molecule has 1 aromatic carbocycles. The zero-order chi connectivity index (χ0) is 17.5. The average Bonchev–Trinajstić information content (AvgIpc) is 2.67. The molecule has 0 saturated carbocycles. The minimum absolute atomic E-state index is 0.110. The highest BCUT2D eigenvalue weighted by molar-refractivity contribution is 6.08. The summed E-state index contributed by atoms with van der Waals surface area (Å²) in [7, 11) is 0. The lowest BCUT2D eigenvalue weighted by Gasteiger charge is -2.04. The van der Waals surface area contributed by atoms with Crippen molar-refractivity contribution in [2.24, 2.45) is 15.7 Å². The van der Waals surface area contributed by atoms with Gasteiger partial charge in [0, 0.05) is 24.2 Å². The molecule has 3 aromatic rings. The van der Waals surface area contributed by atoms with Crippen LogP contribution in [0.2, 0.25) is 0 Å². The van der Waals surface area contributed by atoms with Gasteiger partial charge in [0.2, 0.25) is 0 Å². The lowest BCUT2D eigenvalue weighted by atomic mass is 10.2. The molecule has 25 heavy (non-hydrogen) atoms. The molecule has 0 atom stereocenters. The maximum atomic E-state index is 13.8. The summed E-state index contributed by atoms with van der Waals surface area (Å²) >= 11 is 0. The van der Waals surface area contributed by atoms with Gasteiger partial charge in [-0.3, -0.25) is 9.98 Å². The molecule has 0 saturated heterocycles. The number of halogens is 1. The number of nitrogens with zero attached hydrogens (tertiary/aromatic N) is 5. The van der Waals surface area contributed by atoms with E-state index in [1.165, 1.54) is 6.07 Å². The molecule has 7 heteroatoms. The summed E-state index contributed by atoms with van der Waals surface area (Å²) in [5, 5.41) is 0. The molecule has 2 aromatic heterocycles. The Kier molecular flexibility index (Phi) is 5.16. The third kappa shape index (κ3) is 4.29. The third-order valence-electron chi connectivity index (χ3n) is 3.27. The summed E-state index contributed by atoms with van der Waals surface area (Å²) in [6, 6.07) is 13.5. The van der Waals surface area contributed by atoms with E-state index in [1.807, 2.05) is 6.07 Å².